The Morgan fingerprint density at radius 1 is 0.972 bits per heavy atom. The van der Waals surface area contributed by atoms with Gasteiger partial charge in [0.1, 0.15) is 11.6 Å². The largest absolute Gasteiger partial charge is 0.497 e. The quantitative estimate of drug-likeness (QED) is 0.419. The molecule has 36 heavy (non-hydrogen) atoms. The Hall–Kier alpha value is -3.68. The smallest absolute Gasteiger partial charge is 0.254 e. The lowest BCUT2D eigenvalue weighted by Gasteiger charge is -2.40. The Bertz CT molecular complexity index is 1390. The number of carbonyl (C=O) groups excluding carboxylic acids is 1. The molecule has 186 valence electrons. The van der Waals surface area contributed by atoms with E-state index in [1.54, 1.807) is 7.11 Å². The first-order chi connectivity index (χ1) is 17.6. The van der Waals surface area contributed by atoms with E-state index in [-0.39, 0.29) is 11.9 Å². The molecule has 8 nitrogen and oxygen atoms in total. The molecule has 1 aliphatic heterocycles. The normalized spacial score (nSPS) is 19.2. The maximum Gasteiger partial charge on any atom is 0.254 e. The predicted octanol–water partition coefficient (Wildman–Crippen LogP) is 4.68. The molecule has 0 bridgehead atoms. The van der Waals surface area contributed by atoms with Crippen LogP contribution in [0.5, 0.6) is 5.75 Å². The van der Waals surface area contributed by atoms with E-state index in [9.17, 15) is 4.79 Å². The second kappa shape index (κ2) is 9.41. The van der Waals surface area contributed by atoms with Crippen molar-refractivity contribution in [1.29, 1.82) is 0 Å². The van der Waals surface area contributed by atoms with Gasteiger partial charge in [-0.1, -0.05) is 31.4 Å². The van der Waals surface area contributed by atoms with Gasteiger partial charge in [-0.05, 0) is 56.2 Å². The zero-order valence-corrected chi connectivity index (χ0v) is 20.9. The van der Waals surface area contributed by atoms with E-state index in [1.165, 1.54) is 19.3 Å². The van der Waals surface area contributed by atoms with Crippen LogP contribution in [-0.4, -0.2) is 63.2 Å². The first-order valence-electron chi connectivity index (χ1n) is 13.0. The van der Waals surface area contributed by atoms with Crippen LogP contribution in [0.3, 0.4) is 0 Å². The molecular weight excluding hydrogens is 452 g/mol. The molecule has 1 aliphatic carbocycles. The fourth-order valence-electron chi connectivity index (χ4n) is 5.76. The van der Waals surface area contributed by atoms with Gasteiger partial charge < -0.3 is 14.5 Å². The van der Waals surface area contributed by atoms with Crippen LogP contribution in [0.15, 0.2) is 48.5 Å². The number of nitrogens with zero attached hydrogens (tertiary/aromatic N) is 6. The van der Waals surface area contributed by atoms with Gasteiger partial charge in [0.25, 0.3) is 5.91 Å². The van der Waals surface area contributed by atoms with Gasteiger partial charge >= 0.3 is 0 Å². The van der Waals surface area contributed by atoms with E-state index >= 15 is 0 Å². The minimum atomic E-state index is 0.0336. The summed E-state index contributed by atoms with van der Waals surface area (Å²) in [6.45, 7) is 4.14. The van der Waals surface area contributed by atoms with Gasteiger partial charge in [0.2, 0.25) is 5.95 Å². The van der Waals surface area contributed by atoms with Crippen molar-refractivity contribution in [3.63, 3.8) is 0 Å². The Kier molecular flexibility index (Phi) is 5.95. The summed E-state index contributed by atoms with van der Waals surface area (Å²) in [6.07, 6.45) is 6.06. The molecule has 1 atom stereocenters. The highest BCUT2D eigenvalue weighted by Crippen LogP contribution is 2.35. The van der Waals surface area contributed by atoms with Gasteiger partial charge in [-0.3, -0.25) is 4.79 Å². The van der Waals surface area contributed by atoms with E-state index in [0.717, 1.165) is 46.9 Å². The SMILES string of the molecule is COc1ccc(C(=O)N2CCN(c3nc4ccccc4c4nnc(C5CCCCC5)n34)C[C@H]2C)cc1. The number of aromatic nitrogens is 4. The first kappa shape index (κ1) is 22.8. The number of hydrogen-bond donors (Lipinski definition) is 0. The van der Waals surface area contributed by atoms with Crippen molar-refractivity contribution < 1.29 is 9.53 Å². The van der Waals surface area contributed by atoms with Gasteiger partial charge in [0, 0.05) is 42.5 Å². The summed E-state index contributed by atoms with van der Waals surface area (Å²) in [7, 11) is 1.63. The fourth-order valence-corrected chi connectivity index (χ4v) is 5.76. The van der Waals surface area contributed by atoms with E-state index in [4.69, 9.17) is 14.8 Å². The summed E-state index contributed by atoms with van der Waals surface area (Å²) >= 11 is 0. The minimum Gasteiger partial charge on any atom is -0.497 e. The van der Waals surface area contributed by atoms with Gasteiger partial charge in [-0.2, -0.15) is 0 Å². The lowest BCUT2D eigenvalue weighted by Crippen LogP contribution is -2.54. The third kappa shape index (κ3) is 3.94. The van der Waals surface area contributed by atoms with Gasteiger partial charge in [0.15, 0.2) is 5.65 Å². The second-order valence-corrected chi connectivity index (χ2v) is 10.0. The molecule has 2 aliphatic rings. The molecule has 0 radical (unpaired) electrons. The van der Waals surface area contributed by atoms with Gasteiger partial charge in [0.05, 0.1) is 12.6 Å². The highest BCUT2D eigenvalue weighted by Gasteiger charge is 2.32. The molecule has 0 spiro atoms. The maximum absolute atomic E-state index is 13.3. The summed E-state index contributed by atoms with van der Waals surface area (Å²) in [6, 6.07) is 15.5. The number of ether oxygens (including phenoxy) is 1. The van der Waals surface area contributed by atoms with Crippen LogP contribution in [0.25, 0.3) is 16.6 Å². The number of carbonyl (C=O) groups is 1. The Balaban J connectivity index is 1.34. The van der Waals surface area contributed by atoms with Crippen molar-refractivity contribution >= 4 is 28.4 Å². The number of benzene rings is 2. The lowest BCUT2D eigenvalue weighted by atomic mass is 9.89. The number of para-hydroxylation sites is 1. The van der Waals surface area contributed by atoms with Gasteiger partial charge in [-0.25, -0.2) is 9.38 Å². The molecule has 2 aromatic heterocycles. The van der Waals surface area contributed by atoms with Crippen molar-refractivity contribution in [2.24, 2.45) is 0 Å². The number of amides is 1. The molecule has 4 aromatic rings. The monoisotopic (exact) mass is 484 g/mol. The average Bonchev–Trinajstić information content (AvgIpc) is 3.38. The summed E-state index contributed by atoms with van der Waals surface area (Å²) in [5.74, 6) is 3.12. The average molecular weight is 485 g/mol. The van der Waals surface area contributed by atoms with Crippen LogP contribution in [0.1, 0.15) is 61.1 Å². The molecule has 1 saturated heterocycles. The number of hydrogen-bond acceptors (Lipinski definition) is 6. The number of piperazine rings is 1. The highest BCUT2D eigenvalue weighted by atomic mass is 16.5. The summed E-state index contributed by atoms with van der Waals surface area (Å²) in [5, 5.41) is 10.4. The van der Waals surface area contributed by atoms with Crippen LogP contribution in [0.4, 0.5) is 5.95 Å². The maximum atomic E-state index is 13.3. The molecule has 0 unspecified atom stereocenters. The summed E-state index contributed by atoms with van der Waals surface area (Å²) in [4.78, 5) is 22.7. The Labute approximate surface area is 210 Å². The van der Waals surface area contributed by atoms with Crippen LogP contribution in [-0.2, 0) is 0 Å². The summed E-state index contributed by atoms with van der Waals surface area (Å²) < 4.78 is 7.44. The van der Waals surface area contributed by atoms with E-state index < -0.39 is 0 Å². The van der Waals surface area contributed by atoms with Crippen LogP contribution in [0, 0.1) is 0 Å². The van der Waals surface area contributed by atoms with Crippen LogP contribution < -0.4 is 9.64 Å². The zero-order valence-electron chi connectivity index (χ0n) is 20.9. The van der Waals surface area contributed by atoms with E-state index in [2.05, 4.69) is 27.4 Å². The van der Waals surface area contributed by atoms with E-state index in [0.29, 0.717) is 31.1 Å². The molecule has 2 aromatic carbocycles. The van der Waals surface area contributed by atoms with E-state index in [1.807, 2.05) is 47.4 Å². The molecule has 6 rings (SSSR count). The van der Waals surface area contributed by atoms with Crippen molar-refractivity contribution in [3.8, 4) is 5.75 Å². The van der Waals surface area contributed by atoms with Crippen molar-refractivity contribution in [1.82, 2.24) is 24.5 Å². The summed E-state index contributed by atoms with van der Waals surface area (Å²) in [5.41, 5.74) is 2.48. The first-order valence-corrected chi connectivity index (χ1v) is 13.0. The van der Waals surface area contributed by atoms with Crippen molar-refractivity contribution in [3.05, 3.63) is 59.9 Å². The zero-order chi connectivity index (χ0) is 24.6. The number of fused-ring (bicyclic) bond motifs is 3. The topological polar surface area (TPSA) is 75.9 Å². The molecule has 3 heterocycles. The van der Waals surface area contributed by atoms with Crippen molar-refractivity contribution in [2.75, 3.05) is 31.6 Å². The third-order valence-electron chi connectivity index (χ3n) is 7.73. The molecule has 1 saturated carbocycles. The molecule has 1 amide bonds. The van der Waals surface area contributed by atoms with Gasteiger partial charge in [-0.15, -0.1) is 10.2 Å². The number of anilines is 1. The number of rotatable bonds is 4. The second-order valence-electron chi connectivity index (χ2n) is 10.0. The standard InChI is InChI=1S/C28H32N6O2/c1-19-18-32(16-17-33(19)27(35)21-12-14-22(36-2)15-13-21)28-29-24-11-7-6-10-23(24)26-31-30-25(34(26)28)20-8-4-3-5-9-20/h6-7,10-15,19-20H,3-5,8-9,16-18H2,1-2H3/t19-/m1/s1. The fraction of sp³-hybridized carbons (Fsp3) is 0.429. The molecule has 2 fully saturated rings. The molecule has 8 heteroatoms. The highest BCUT2D eigenvalue weighted by molar-refractivity contribution is 5.95. The van der Waals surface area contributed by atoms with Crippen LogP contribution in [0.2, 0.25) is 0 Å². The minimum absolute atomic E-state index is 0.0336. The Morgan fingerprint density at radius 3 is 2.50 bits per heavy atom. The molecular formula is C28H32N6O2. The predicted molar refractivity (Wildman–Crippen MR) is 140 cm³/mol. The Morgan fingerprint density at radius 2 is 1.75 bits per heavy atom. The lowest BCUT2D eigenvalue weighted by molar-refractivity contribution is 0.0673. The number of methoxy groups -OCH3 is 1. The third-order valence-corrected chi connectivity index (χ3v) is 7.73. The van der Waals surface area contributed by atoms with Crippen LogP contribution >= 0.6 is 0 Å². The molecule has 0 N–H and O–H groups in total. The van der Waals surface area contributed by atoms with Crippen molar-refractivity contribution in [2.45, 2.75) is 51.0 Å².